The molecule has 2 amide bonds. The molecule has 0 spiro atoms. The number of nitrogens with zero attached hydrogens (tertiary/aromatic N) is 7. The van der Waals surface area contributed by atoms with Crippen LogP contribution in [0, 0.1) is 6.92 Å². The van der Waals surface area contributed by atoms with E-state index in [1.165, 1.54) is 21.7 Å². The molecule has 5 heterocycles. The number of aromatic nitrogens is 5. The maximum Gasteiger partial charge on any atom is 0.352 e. The summed E-state index contributed by atoms with van der Waals surface area (Å²) in [4.78, 5) is 57.7. The number of β-lactam (4-membered cyclic amide) rings is 1. The third kappa shape index (κ3) is 8.84. The summed E-state index contributed by atoms with van der Waals surface area (Å²) >= 11 is 3.27. The zero-order valence-corrected chi connectivity index (χ0v) is 34.9. The highest BCUT2D eigenvalue weighted by atomic mass is 32.2. The third-order valence-electron chi connectivity index (χ3n) is 8.71. The molecule has 23 nitrogen and oxygen atoms in total. The van der Waals surface area contributed by atoms with E-state index in [1.807, 2.05) is 0 Å². The van der Waals surface area contributed by atoms with Crippen molar-refractivity contribution in [1.29, 1.82) is 0 Å². The van der Waals surface area contributed by atoms with Gasteiger partial charge in [-0.1, -0.05) is 5.16 Å². The van der Waals surface area contributed by atoms with Crippen molar-refractivity contribution in [3.63, 3.8) is 0 Å². The van der Waals surface area contributed by atoms with E-state index in [1.54, 1.807) is 13.0 Å². The number of sulfonamides is 1. The highest BCUT2D eigenvalue weighted by Gasteiger charge is 2.54. The Morgan fingerprint density at radius 3 is 2.34 bits per heavy atom. The number of nitrogen functional groups attached to an aromatic ring is 1. The molecule has 2 aliphatic rings. The number of nitrogens with one attached hydrogen (secondary N) is 2. The average molecular weight is 935 g/mol. The number of fused-ring (bicyclic) bond motifs is 2. The van der Waals surface area contributed by atoms with Crippen LogP contribution in [-0.4, -0.2) is 124 Å². The second-order valence-electron chi connectivity index (χ2n) is 12.9. The molecule has 3 aromatic heterocycles. The minimum Gasteiger partial charge on any atom is -0.504 e. The second-order valence-corrected chi connectivity index (χ2v) is 19.6. The number of anilines is 1. The fraction of sp³-hybridized carbons (Fsp3) is 0.212. The van der Waals surface area contributed by atoms with Crippen LogP contribution in [-0.2, 0) is 45.6 Å². The molecule has 1 saturated heterocycles. The molecule has 2 aliphatic heterocycles. The van der Waals surface area contributed by atoms with Crippen LogP contribution in [0.2, 0.25) is 0 Å². The van der Waals surface area contributed by atoms with E-state index < -0.39 is 88.6 Å². The van der Waals surface area contributed by atoms with Gasteiger partial charge < -0.3 is 41.4 Å². The Morgan fingerprint density at radius 1 is 1.00 bits per heavy atom. The minimum atomic E-state index is -4.26. The number of benzene rings is 2. The number of carbonyl (C=O) groups is 3. The molecule has 7 rings (SSSR count). The number of phenols is 4. The first-order valence-corrected chi connectivity index (χ1v) is 23.1. The molecule has 0 unspecified atom stereocenters. The third-order valence-corrected chi connectivity index (χ3v) is 14.6. The Labute approximate surface area is 356 Å². The van der Waals surface area contributed by atoms with Crippen LogP contribution < -0.4 is 15.8 Å². The van der Waals surface area contributed by atoms with Crippen molar-refractivity contribution in [2.24, 2.45) is 5.16 Å². The largest absolute Gasteiger partial charge is 0.504 e. The number of amides is 2. The Morgan fingerprint density at radius 2 is 1.69 bits per heavy atom. The molecule has 1 fully saturated rings. The van der Waals surface area contributed by atoms with Crippen molar-refractivity contribution in [3.05, 3.63) is 76.3 Å². The van der Waals surface area contributed by atoms with Crippen LogP contribution in [0.5, 0.6) is 23.0 Å². The molecule has 320 valence electrons. The monoisotopic (exact) mass is 934 g/mol. The zero-order chi connectivity index (χ0) is 44.0. The lowest BCUT2D eigenvalue weighted by molar-refractivity contribution is -0.150. The van der Waals surface area contributed by atoms with Gasteiger partial charge in [0.1, 0.15) is 27.8 Å². The predicted molar refractivity (Wildman–Crippen MR) is 216 cm³/mol. The van der Waals surface area contributed by atoms with Gasteiger partial charge in [0, 0.05) is 34.7 Å². The lowest BCUT2D eigenvalue weighted by Gasteiger charge is -2.49. The van der Waals surface area contributed by atoms with E-state index in [4.69, 9.17) is 10.6 Å². The summed E-state index contributed by atoms with van der Waals surface area (Å²) in [7, 11) is -8.41. The minimum absolute atomic E-state index is 0.0296. The van der Waals surface area contributed by atoms with Crippen LogP contribution >= 0.6 is 34.9 Å². The topological polar surface area (TPSA) is 352 Å². The fourth-order valence-corrected chi connectivity index (χ4v) is 10.8. The number of hydrogen-bond acceptors (Lipinski definition) is 21. The van der Waals surface area contributed by atoms with Gasteiger partial charge in [-0.2, -0.15) is 9.50 Å². The quantitative estimate of drug-likeness (QED) is 0.0176. The number of thioether (sulfide) groups is 2. The first-order chi connectivity index (χ1) is 28.8. The molecule has 0 radical (unpaired) electrons. The highest BCUT2D eigenvalue weighted by Crippen LogP contribution is 2.42. The van der Waals surface area contributed by atoms with Gasteiger partial charge in [-0.05, 0) is 42.8 Å². The maximum absolute atomic E-state index is 13.5. The van der Waals surface area contributed by atoms with Gasteiger partial charge in [0.25, 0.3) is 17.6 Å². The van der Waals surface area contributed by atoms with E-state index in [0.717, 1.165) is 64.4 Å². The predicted octanol–water partition coefficient (Wildman–Crippen LogP) is 0.455. The number of aliphatic carboxylic acids is 1. The highest BCUT2D eigenvalue weighted by molar-refractivity contribution is 8.01. The number of oxime groups is 1. The van der Waals surface area contributed by atoms with Crippen LogP contribution in [0.1, 0.15) is 17.2 Å². The van der Waals surface area contributed by atoms with Crippen molar-refractivity contribution in [2.45, 2.75) is 39.7 Å². The zero-order valence-electron chi connectivity index (χ0n) is 30.9. The summed E-state index contributed by atoms with van der Waals surface area (Å²) in [6.07, 6.45) is 0. The first kappa shape index (κ1) is 42.9. The van der Waals surface area contributed by atoms with Crippen molar-refractivity contribution in [2.75, 3.05) is 23.2 Å². The van der Waals surface area contributed by atoms with Gasteiger partial charge in [-0.25, -0.2) is 36.3 Å². The molecule has 0 bridgehead atoms. The Bertz CT molecular complexity index is 2920. The lowest BCUT2D eigenvalue weighted by atomic mass is 10.0. The number of aromatic hydroxyl groups is 4. The molecule has 2 atom stereocenters. The summed E-state index contributed by atoms with van der Waals surface area (Å²) in [5.74, 6) is -6.31. The summed E-state index contributed by atoms with van der Waals surface area (Å²) in [5.41, 5.74) is 5.67. The van der Waals surface area contributed by atoms with Gasteiger partial charge >= 0.3 is 5.97 Å². The van der Waals surface area contributed by atoms with Gasteiger partial charge in [0.15, 0.2) is 39.7 Å². The van der Waals surface area contributed by atoms with Gasteiger partial charge in [0.05, 0.1) is 16.3 Å². The Hall–Kier alpha value is -6.20. The van der Waals surface area contributed by atoms with Gasteiger partial charge in [-0.15, -0.1) is 40.0 Å². The summed E-state index contributed by atoms with van der Waals surface area (Å²) in [5, 5.41) is 60.3. The van der Waals surface area contributed by atoms with Crippen molar-refractivity contribution in [3.8, 4) is 23.0 Å². The van der Waals surface area contributed by atoms with E-state index >= 15 is 0 Å². The number of carbonyl (C=O) groups excluding carboxylic acids is 2. The van der Waals surface area contributed by atoms with E-state index in [2.05, 4.69) is 35.2 Å². The number of hydrogen-bond donors (Lipinski definition) is 8. The number of rotatable bonds is 15. The lowest BCUT2D eigenvalue weighted by Crippen LogP contribution is -2.71. The molecule has 28 heteroatoms. The number of thiazole rings is 1. The molecule has 9 N–H and O–H groups in total. The molecule has 0 saturated carbocycles. The standard InChI is InChI=1S/C33H30N10O13S5/c1-14-6-24(43-33(36-14)38-23(40-43)9-35-61(54,55)17-3-5-20(45)22(47)8-17)57-10-15-11-58-30-26(29(49)42(30)27(15)31(50)51)39-28(48)25(18-12-59-32(34)37-18)41-56-13-60(52,53)16-2-4-19(44)21(46)7-16/h2-8,12,26,30,35,44-47H,9-11,13H2,1H3,(H2,34,37)(H,39,48)(H,50,51)/t26-,30-/m1/s1. The van der Waals surface area contributed by atoms with Gasteiger partial charge in [0.2, 0.25) is 25.8 Å². The van der Waals surface area contributed by atoms with Crippen LogP contribution in [0.25, 0.3) is 5.78 Å². The van der Waals surface area contributed by atoms with E-state index in [9.17, 15) is 56.8 Å². The number of carboxylic acid groups (broad SMARTS) is 1. The normalized spacial score (nSPS) is 17.0. The molecule has 0 aliphatic carbocycles. The van der Waals surface area contributed by atoms with E-state index in [-0.39, 0.29) is 51.1 Å². The van der Waals surface area contributed by atoms with Crippen molar-refractivity contribution in [1.82, 2.24) is 39.5 Å². The smallest absolute Gasteiger partial charge is 0.352 e. The number of aryl methyl sites for hydroxylation is 1. The summed E-state index contributed by atoms with van der Waals surface area (Å²) < 4.78 is 54.8. The molecule has 2 aromatic carbocycles. The number of nitrogens with two attached hydrogens (primary N) is 1. The number of phenolic OH excluding ortho intramolecular Hbond substituents is 4. The molecule has 5 aromatic rings. The van der Waals surface area contributed by atoms with Gasteiger partial charge in [-0.3, -0.25) is 14.5 Å². The van der Waals surface area contributed by atoms with Crippen molar-refractivity contribution >= 4 is 89.1 Å². The van der Waals surface area contributed by atoms with Crippen LogP contribution in [0.3, 0.4) is 0 Å². The second kappa shape index (κ2) is 16.7. The fourth-order valence-electron chi connectivity index (χ4n) is 5.78. The molecular formula is C33H30N10O13S5. The number of carboxylic acids is 1. The van der Waals surface area contributed by atoms with Crippen LogP contribution in [0.4, 0.5) is 5.13 Å². The average Bonchev–Trinajstić information content (AvgIpc) is 3.83. The summed E-state index contributed by atoms with van der Waals surface area (Å²) in [6, 6.07) is 6.20. The number of sulfone groups is 1. The summed E-state index contributed by atoms with van der Waals surface area (Å²) in [6.45, 7) is 1.32. The van der Waals surface area contributed by atoms with Crippen LogP contribution in [0.15, 0.2) is 79.1 Å². The maximum atomic E-state index is 13.5. The SMILES string of the molecule is Cc1cc(SCC2=C(C(=O)O)N3C(=O)[C@@H](NC(=O)C(=NOCS(=O)(=O)c4ccc(O)c(O)c4)c4csc(N)n4)[C@H]3SC2)n2nc(CNS(=O)(=O)c3ccc(O)c(O)c3)nc2n1. The Balaban J connectivity index is 1.04. The van der Waals surface area contributed by atoms with E-state index in [0.29, 0.717) is 16.3 Å². The molecule has 61 heavy (non-hydrogen) atoms. The molecular weight excluding hydrogens is 905 g/mol. The van der Waals surface area contributed by atoms with Crippen molar-refractivity contribution < 1.29 is 61.6 Å². The Kier molecular flexibility index (Phi) is 11.7. The first-order valence-electron chi connectivity index (χ1n) is 17.1.